The van der Waals surface area contributed by atoms with E-state index in [1.165, 1.54) is 6.08 Å². The van der Waals surface area contributed by atoms with E-state index in [0.717, 1.165) is 5.52 Å². The minimum Gasteiger partial charge on any atom is -0.370 e. The Hall–Kier alpha value is -2.46. The second kappa shape index (κ2) is 11.4. The number of benzene rings is 2. The van der Waals surface area contributed by atoms with E-state index in [4.69, 9.17) is 51.4 Å². The van der Waals surface area contributed by atoms with E-state index in [9.17, 15) is 18.0 Å². The number of aliphatic imine (C=N–C) groups is 1. The molecule has 1 unspecified atom stereocenters. The molecule has 1 fully saturated rings. The Labute approximate surface area is 248 Å². The highest BCUT2D eigenvalue weighted by Gasteiger charge is 2.42. The molecule has 5 rings (SSSR count). The summed E-state index contributed by atoms with van der Waals surface area (Å²) in [7, 11) is 1.82. The largest absolute Gasteiger partial charge is 0.393 e. The standard InChI is InChI=1S/C27H24Cl4F3N5O/c1-38-22-10-21(39-6-2-3-16(13-39)27(32,33)34)19(29)9-20(22)37-24(38)8-17-18(28)5-4-14(25(17)31)11-36-26(40)15-7-23(30)35-12-15/h4-5,7,9-10,16H,2-3,6,8,11-13H2,1H3,(H,36,40). The average Bonchev–Trinajstić information content (AvgIpc) is 3.47. The Morgan fingerprint density at radius 3 is 2.62 bits per heavy atom. The molecule has 1 N–H and O–H groups in total. The summed E-state index contributed by atoms with van der Waals surface area (Å²) in [6.07, 6.45) is -1.90. The van der Waals surface area contributed by atoms with Crippen LogP contribution in [-0.4, -0.2) is 46.4 Å². The van der Waals surface area contributed by atoms with Crippen molar-refractivity contribution in [3.8, 4) is 0 Å². The van der Waals surface area contributed by atoms with Crippen LogP contribution < -0.4 is 10.2 Å². The number of hydrogen-bond donors (Lipinski definition) is 1. The molecule has 0 radical (unpaired) electrons. The number of aromatic nitrogens is 2. The molecular weight excluding hydrogens is 609 g/mol. The van der Waals surface area contributed by atoms with Gasteiger partial charge in [0, 0.05) is 43.7 Å². The van der Waals surface area contributed by atoms with Crippen molar-refractivity contribution in [2.24, 2.45) is 18.0 Å². The van der Waals surface area contributed by atoms with Gasteiger partial charge in [0.1, 0.15) is 11.0 Å². The Balaban J connectivity index is 1.38. The van der Waals surface area contributed by atoms with Gasteiger partial charge in [0.2, 0.25) is 5.91 Å². The number of nitrogens with zero attached hydrogens (tertiary/aromatic N) is 4. The zero-order valence-corrected chi connectivity index (χ0v) is 24.3. The first-order chi connectivity index (χ1) is 18.9. The molecule has 212 valence electrons. The molecule has 2 aliphatic rings. The van der Waals surface area contributed by atoms with Crippen LogP contribution in [0.3, 0.4) is 0 Å². The second-order valence-electron chi connectivity index (χ2n) is 9.87. The molecule has 1 aromatic heterocycles. The van der Waals surface area contributed by atoms with Crippen molar-refractivity contribution in [3.63, 3.8) is 0 Å². The fraction of sp³-hybridized carbons (Fsp3) is 0.370. The number of nitrogens with one attached hydrogen (secondary N) is 1. The van der Waals surface area contributed by atoms with Crippen LogP contribution in [-0.2, 0) is 24.8 Å². The number of aryl methyl sites for hydroxylation is 1. The molecule has 1 saturated heterocycles. The van der Waals surface area contributed by atoms with Crippen LogP contribution in [0.4, 0.5) is 18.9 Å². The van der Waals surface area contributed by atoms with Gasteiger partial charge in [0.25, 0.3) is 0 Å². The summed E-state index contributed by atoms with van der Waals surface area (Å²) in [5.41, 5.74) is 3.66. The Morgan fingerprint density at radius 1 is 1.15 bits per heavy atom. The molecular formula is C27H24Cl4F3N5O. The van der Waals surface area contributed by atoms with E-state index in [2.05, 4.69) is 10.3 Å². The predicted molar refractivity (Wildman–Crippen MR) is 154 cm³/mol. The molecule has 0 saturated carbocycles. The number of rotatable bonds is 6. The van der Waals surface area contributed by atoms with E-state index in [1.54, 1.807) is 29.2 Å². The van der Waals surface area contributed by atoms with Gasteiger partial charge in [-0.1, -0.05) is 52.5 Å². The predicted octanol–water partition coefficient (Wildman–Crippen LogP) is 7.10. The Morgan fingerprint density at radius 2 is 1.93 bits per heavy atom. The van der Waals surface area contributed by atoms with Crippen LogP contribution in [0, 0.1) is 5.92 Å². The number of allylic oxidation sites excluding steroid dienone is 1. The number of hydrogen-bond acceptors (Lipinski definition) is 4. The zero-order valence-electron chi connectivity index (χ0n) is 21.3. The molecule has 2 aromatic carbocycles. The SMILES string of the molecule is Cn1c(Cc2c(Cl)ccc(CNC(=O)C3=CC(Cl)=NC3)c2Cl)nc2cc(Cl)c(N3CCCC(C(F)(F)F)C3)cc21. The van der Waals surface area contributed by atoms with Crippen molar-refractivity contribution in [3.05, 3.63) is 67.9 Å². The fourth-order valence-electron chi connectivity index (χ4n) is 5.04. The number of anilines is 1. The van der Waals surface area contributed by atoms with Crippen molar-refractivity contribution in [1.29, 1.82) is 0 Å². The molecule has 6 nitrogen and oxygen atoms in total. The maximum absolute atomic E-state index is 13.4. The summed E-state index contributed by atoms with van der Waals surface area (Å²) in [5.74, 6) is -1.04. The lowest BCUT2D eigenvalue weighted by atomic mass is 9.97. The van der Waals surface area contributed by atoms with Gasteiger partial charge in [-0.05, 0) is 48.2 Å². The normalized spacial score (nSPS) is 17.8. The highest BCUT2D eigenvalue weighted by molar-refractivity contribution is 6.69. The topological polar surface area (TPSA) is 62.5 Å². The number of imidazole rings is 1. The molecule has 1 amide bonds. The van der Waals surface area contributed by atoms with Gasteiger partial charge in [0.05, 0.1) is 39.2 Å². The first-order valence-corrected chi connectivity index (χ1v) is 14.0. The zero-order chi connectivity index (χ0) is 28.8. The lowest BCUT2D eigenvalue weighted by Crippen LogP contribution is -2.41. The number of carbonyl (C=O) groups excluding carboxylic acids is 1. The molecule has 0 aliphatic carbocycles. The number of fused-ring (bicyclic) bond motifs is 1. The smallest absolute Gasteiger partial charge is 0.370 e. The molecule has 3 aromatic rings. The van der Waals surface area contributed by atoms with E-state index in [0.29, 0.717) is 61.8 Å². The lowest BCUT2D eigenvalue weighted by Gasteiger charge is -2.35. The average molecular weight is 633 g/mol. The minimum absolute atomic E-state index is 0.112. The molecule has 0 bridgehead atoms. The fourth-order valence-corrected chi connectivity index (χ4v) is 6.08. The van der Waals surface area contributed by atoms with Crippen LogP contribution in [0.1, 0.15) is 29.8 Å². The van der Waals surface area contributed by atoms with Gasteiger partial charge in [-0.25, -0.2) is 4.98 Å². The van der Waals surface area contributed by atoms with Crippen molar-refractivity contribution in [2.45, 2.75) is 32.0 Å². The number of amides is 1. The monoisotopic (exact) mass is 631 g/mol. The van der Waals surface area contributed by atoms with Crippen LogP contribution in [0.2, 0.25) is 15.1 Å². The molecule has 0 spiro atoms. The maximum atomic E-state index is 13.4. The molecule has 1 atom stereocenters. The Bertz CT molecular complexity index is 1550. The summed E-state index contributed by atoms with van der Waals surface area (Å²) in [6, 6.07) is 6.92. The maximum Gasteiger partial charge on any atom is 0.393 e. The first-order valence-electron chi connectivity index (χ1n) is 12.5. The van der Waals surface area contributed by atoms with Gasteiger partial charge in [-0.3, -0.25) is 9.79 Å². The summed E-state index contributed by atoms with van der Waals surface area (Å²) in [6.45, 7) is 0.760. The van der Waals surface area contributed by atoms with Crippen molar-refractivity contribution >= 4 is 74.2 Å². The van der Waals surface area contributed by atoms with Crippen molar-refractivity contribution in [1.82, 2.24) is 14.9 Å². The van der Waals surface area contributed by atoms with Gasteiger partial charge in [-0.2, -0.15) is 13.2 Å². The van der Waals surface area contributed by atoms with E-state index in [1.807, 2.05) is 11.6 Å². The van der Waals surface area contributed by atoms with Crippen LogP contribution in [0.25, 0.3) is 11.0 Å². The highest BCUT2D eigenvalue weighted by atomic mass is 35.5. The summed E-state index contributed by atoms with van der Waals surface area (Å²) in [4.78, 5) is 22.8. The van der Waals surface area contributed by atoms with Crippen molar-refractivity contribution < 1.29 is 18.0 Å². The van der Waals surface area contributed by atoms with E-state index in [-0.39, 0.29) is 43.6 Å². The first kappa shape index (κ1) is 29.0. The van der Waals surface area contributed by atoms with Gasteiger partial charge < -0.3 is 14.8 Å². The third kappa shape index (κ3) is 5.93. The quantitative estimate of drug-likeness (QED) is 0.315. The molecule has 3 heterocycles. The highest BCUT2D eigenvalue weighted by Crippen LogP contribution is 2.39. The van der Waals surface area contributed by atoms with E-state index >= 15 is 0 Å². The molecule has 40 heavy (non-hydrogen) atoms. The summed E-state index contributed by atoms with van der Waals surface area (Å²) < 4.78 is 42.0. The number of halogens is 7. The minimum atomic E-state index is -4.25. The van der Waals surface area contributed by atoms with Crippen LogP contribution in [0.5, 0.6) is 0 Å². The third-order valence-electron chi connectivity index (χ3n) is 7.29. The molecule has 13 heteroatoms. The Kier molecular flexibility index (Phi) is 8.30. The summed E-state index contributed by atoms with van der Waals surface area (Å²) >= 11 is 25.6. The van der Waals surface area contributed by atoms with Crippen LogP contribution in [0.15, 0.2) is 40.9 Å². The van der Waals surface area contributed by atoms with E-state index < -0.39 is 12.1 Å². The van der Waals surface area contributed by atoms with Gasteiger partial charge >= 0.3 is 6.18 Å². The molecule has 2 aliphatic heterocycles. The third-order valence-corrected chi connectivity index (χ3v) is 8.65. The van der Waals surface area contributed by atoms with Gasteiger partial charge in [-0.15, -0.1) is 0 Å². The number of carbonyl (C=O) groups is 1. The van der Waals surface area contributed by atoms with Gasteiger partial charge in [0.15, 0.2) is 0 Å². The number of alkyl halides is 3. The second-order valence-corrected chi connectivity index (χ2v) is 11.5. The van der Waals surface area contributed by atoms with Crippen molar-refractivity contribution in [2.75, 3.05) is 24.5 Å². The lowest BCUT2D eigenvalue weighted by molar-refractivity contribution is -0.176. The summed E-state index contributed by atoms with van der Waals surface area (Å²) in [5, 5.41) is 4.30. The van der Waals surface area contributed by atoms with Crippen LogP contribution >= 0.6 is 46.4 Å². The number of piperidine rings is 1.